The van der Waals surface area contributed by atoms with Gasteiger partial charge < -0.3 is 15.8 Å². The fourth-order valence-corrected chi connectivity index (χ4v) is 1.65. The van der Waals surface area contributed by atoms with Gasteiger partial charge in [0, 0.05) is 0 Å². The van der Waals surface area contributed by atoms with E-state index in [0.29, 0.717) is 6.61 Å². The lowest BCUT2D eigenvalue weighted by atomic mass is 10.3. The lowest BCUT2D eigenvalue weighted by Crippen LogP contribution is -2.25. The molecule has 0 aliphatic carbocycles. The molecule has 21 heavy (non-hydrogen) atoms. The Balaban J connectivity index is 1.94. The van der Waals surface area contributed by atoms with E-state index in [-0.39, 0.29) is 23.8 Å². The molecule has 0 aliphatic heterocycles. The predicted octanol–water partition coefficient (Wildman–Crippen LogP) is 2.36. The number of rotatable bonds is 6. The van der Waals surface area contributed by atoms with Crippen molar-refractivity contribution in [3.05, 3.63) is 36.2 Å². The van der Waals surface area contributed by atoms with Gasteiger partial charge in [-0.25, -0.2) is 4.39 Å². The molecule has 0 aliphatic rings. The van der Waals surface area contributed by atoms with Gasteiger partial charge in [-0.3, -0.25) is 0 Å². The van der Waals surface area contributed by atoms with Crippen molar-refractivity contribution in [2.24, 2.45) is 0 Å². The van der Waals surface area contributed by atoms with E-state index in [2.05, 4.69) is 20.3 Å². The van der Waals surface area contributed by atoms with E-state index in [4.69, 9.17) is 10.5 Å². The third-order valence-corrected chi connectivity index (χ3v) is 2.64. The third kappa shape index (κ3) is 4.55. The van der Waals surface area contributed by atoms with Crippen molar-refractivity contribution in [1.82, 2.24) is 15.0 Å². The van der Waals surface area contributed by atoms with E-state index < -0.39 is 6.17 Å². The molecule has 112 valence electrons. The third-order valence-electron chi connectivity index (χ3n) is 2.64. The Labute approximate surface area is 122 Å². The molecule has 0 saturated carbocycles. The topological polar surface area (TPSA) is 86.0 Å². The lowest BCUT2D eigenvalue weighted by Gasteiger charge is -2.15. The number of benzene rings is 1. The molecule has 3 N–H and O–H groups in total. The molecular formula is C14H18FN5O. The van der Waals surface area contributed by atoms with Gasteiger partial charge in [0.25, 0.3) is 0 Å². The molecule has 2 aromatic rings. The Morgan fingerprint density at radius 3 is 2.57 bits per heavy atom. The van der Waals surface area contributed by atoms with Crippen LogP contribution >= 0.6 is 0 Å². The summed E-state index contributed by atoms with van der Waals surface area (Å²) in [5.74, 6) is 1.02. The summed E-state index contributed by atoms with van der Waals surface area (Å²) in [6.07, 6.45) is -1.30. The van der Waals surface area contributed by atoms with Crippen LogP contribution in [-0.2, 0) is 0 Å². The molecule has 7 heteroatoms. The second kappa shape index (κ2) is 6.83. The Hall–Kier alpha value is -2.44. The summed E-state index contributed by atoms with van der Waals surface area (Å²) in [7, 11) is 0. The minimum atomic E-state index is -1.30. The maximum atomic E-state index is 13.2. The van der Waals surface area contributed by atoms with E-state index in [9.17, 15) is 4.39 Å². The van der Waals surface area contributed by atoms with E-state index >= 15 is 0 Å². The average molecular weight is 291 g/mol. The predicted molar refractivity (Wildman–Crippen MR) is 78.8 cm³/mol. The normalized spacial score (nSPS) is 13.5. The smallest absolute Gasteiger partial charge is 0.228 e. The van der Waals surface area contributed by atoms with Crippen LogP contribution < -0.4 is 15.8 Å². The van der Waals surface area contributed by atoms with Crippen molar-refractivity contribution >= 4 is 11.9 Å². The number of nitrogens with one attached hydrogen (secondary N) is 1. The Kier molecular flexibility index (Phi) is 4.86. The molecule has 0 bridgehead atoms. The van der Waals surface area contributed by atoms with Crippen molar-refractivity contribution in [1.29, 1.82) is 0 Å². The number of para-hydroxylation sites is 1. The molecule has 0 radical (unpaired) electrons. The largest absolute Gasteiger partial charge is 0.491 e. The molecule has 2 unspecified atom stereocenters. The molecule has 1 aromatic heterocycles. The Morgan fingerprint density at radius 1 is 1.19 bits per heavy atom. The fourth-order valence-electron chi connectivity index (χ4n) is 1.65. The van der Waals surface area contributed by atoms with Gasteiger partial charge in [0.1, 0.15) is 12.4 Å². The van der Waals surface area contributed by atoms with E-state index in [1.54, 1.807) is 0 Å². The summed E-state index contributed by atoms with van der Waals surface area (Å²) in [5.41, 5.74) is 5.54. The van der Waals surface area contributed by atoms with Crippen molar-refractivity contribution < 1.29 is 9.13 Å². The summed E-state index contributed by atoms with van der Waals surface area (Å²) in [5, 5.41) is 3.01. The summed E-state index contributed by atoms with van der Waals surface area (Å²) in [6, 6.07) is 9.38. The SMILES string of the molecule is CC(COc1ccccc1)Nc1nc(N)nc(C(C)F)n1. The monoisotopic (exact) mass is 291 g/mol. The van der Waals surface area contributed by atoms with E-state index in [1.807, 2.05) is 37.3 Å². The number of alkyl halides is 1. The number of nitrogen functional groups attached to an aromatic ring is 1. The minimum Gasteiger partial charge on any atom is -0.491 e. The molecular weight excluding hydrogens is 273 g/mol. The van der Waals surface area contributed by atoms with Gasteiger partial charge in [-0.1, -0.05) is 18.2 Å². The van der Waals surface area contributed by atoms with Crippen molar-refractivity contribution in [2.45, 2.75) is 26.1 Å². The van der Waals surface area contributed by atoms with Gasteiger partial charge >= 0.3 is 0 Å². The van der Waals surface area contributed by atoms with E-state index in [0.717, 1.165) is 5.75 Å². The van der Waals surface area contributed by atoms with Crippen molar-refractivity contribution in [3.8, 4) is 5.75 Å². The maximum absolute atomic E-state index is 13.2. The fraction of sp³-hybridized carbons (Fsp3) is 0.357. The van der Waals surface area contributed by atoms with Gasteiger partial charge in [0.05, 0.1) is 6.04 Å². The van der Waals surface area contributed by atoms with Gasteiger partial charge in [-0.05, 0) is 26.0 Å². The summed E-state index contributed by atoms with van der Waals surface area (Å²) in [6.45, 7) is 3.66. The van der Waals surface area contributed by atoms with Gasteiger partial charge in [0.15, 0.2) is 12.0 Å². The zero-order valence-corrected chi connectivity index (χ0v) is 12.0. The average Bonchev–Trinajstić information content (AvgIpc) is 2.45. The zero-order valence-electron chi connectivity index (χ0n) is 12.0. The first kappa shape index (κ1) is 15.0. The quantitative estimate of drug-likeness (QED) is 0.849. The number of nitrogens with zero attached hydrogens (tertiary/aromatic N) is 3. The number of halogens is 1. The number of anilines is 2. The zero-order chi connectivity index (χ0) is 15.2. The van der Waals surface area contributed by atoms with Gasteiger partial charge in [-0.15, -0.1) is 0 Å². The molecule has 0 amide bonds. The van der Waals surface area contributed by atoms with Crippen LogP contribution in [0.15, 0.2) is 30.3 Å². The second-order valence-electron chi connectivity index (χ2n) is 4.66. The van der Waals surface area contributed by atoms with Crippen molar-refractivity contribution in [3.63, 3.8) is 0 Å². The van der Waals surface area contributed by atoms with Crippen LogP contribution in [0.5, 0.6) is 5.75 Å². The summed E-state index contributed by atoms with van der Waals surface area (Å²) < 4.78 is 18.8. The lowest BCUT2D eigenvalue weighted by molar-refractivity contribution is 0.303. The first-order chi connectivity index (χ1) is 10.0. The number of hydrogen-bond donors (Lipinski definition) is 2. The van der Waals surface area contributed by atoms with Crippen LogP contribution in [0.1, 0.15) is 25.8 Å². The van der Waals surface area contributed by atoms with Gasteiger partial charge in [-0.2, -0.15) is 15.0 Å². The van der Waals surface area contributed by atoms with Crippen LogP contribution in [-0.4, -0.2) is 27.6 Å². The first-order valence-corrected chi connectivity index (χ1v) is 6.64. The van der Waals surface area contributed by atoms with Crippen LogP contribution in [0.25, 0.3) is 0 Å². The summed E-state index contributed by atoms with van der Waals surface area (Å²) >= 11 is 0. The molecule has 0 spiro atoms. The highest BCUT2D eigenvalue weighted by Crippen LogP contribution is 2.14. The number of aromatic nitrogens is 3. The van der Waals surface area contributed by atoms with Crippen LogP contribution in [0.3, 0.4) is 0 Å². The van der Waals surface area contributed by atoms with Crippen molar-refractivity contribution in [2.75, 3.05) is 17.7 Å². The molecule has 2 rings (SSSR count). The molecule has 1 aromatic carbocycles. The first-order valence-electron chi connectivity index (χ1n) is 6.64. The van der Waals surface area contributed by atoms with E-state index in [1.165, 1.54) is 6.92 Å². The van der Waals surface area contributed by atoms with Crippen LogP contribution in [0.2, 0.25) is 0 Å². The Bertz CT molecular complexity index is 579. The summed E-state index contributed by atoms with van der Waals surface area (Å²) in [4.78, 5) is 11.7. The Morgan fingerprint density at radius 2 is 1.90 bits per heavy atom. The maximum Gasteiger partial charge on any atom is 0.228 e. The molecule has 0 fully saturated rings. The number of hydrogen-bond acceptors (Lipinski definition) is 6. The second-order valence-corrected chi connectivity index (χ2v) is 4.66. The molecule has 0 saturated heterocycles. The highest BCUT2D eigenvalue weighted by atomic mass is 19.1. The number of ether oxygens (including phenoxy) is 1. The minimum absolute atomic E-state index is 0.0109. The number of nitrogens with two attached hydrogens (primary N) is 1. The molecule has 2 atom stereocenters. The van der Waals surface area contributed by atoms with Crippen LogP contribution in [0.4, 0.5) is 16.3 Å². The molecule has 6 nitrogen and oxygen atoms in total. The standard InChI is InChI=1S/C14H18FN5O/c1-9(8-21-11-6-4-3-5-7-11)17-14-19-12(10(2)15)18-13(16)20-14/h3-7,9-10H,8H2,1-2H3,(H3,16,17,18,19,20). The van der Waals surface area contributed by atoms with Gasteiger partial charge in [0.2, 0.25) is 11.9 Å². The highest BCUT2D eigenvalue weighted by molar-refractivity contribution is 5.32. The van der Waals surface area contributed by atoms with Crippen LogP contribution in [0, 0.1) is 0 Å². The highest BCUT2D eigenvalue weighted by Gasteiger charge is 2.12. The molecule has 1 heterocycles.